The van der Waals surface area contributed by atoms with Gasteiger partial charge in [-0.25, -0.2) is 0 Å². The number of pyridine rings is 1. The lowest BCUT2D eigenvalue weighted by molar-refractivity contribution is -0.120. The molecule has 0 spiro atoms. The predicted molar refractivity (Wildman–Crippen MR) is 70.1 cm³/mol. The van der Waals surface area contributed by atoms with E-state index in [-0.39, 0.29) is 17.3 Å². The predicted octanol–water partition coefficient (Wildman–Crippen LogP) is 1.08. The van der Waals surface area contributed by atoms with Crippen LogP contribution in [-0.2, 0) is 9.59 Å². The highest BCUT2D eigenvalue weighted by atomic mass is 16.2. The van der Waals surface area contributed by atoms with Crippen LogP contribution in [0.1, 0.15) is 6.92 Å². The van der Waals surface area contributed by atoms with Crippen LogP contribution >= 0.6 is 0 Å². The molecule has 0 aliphatic rings. The number of Topliss-reactive ketones (excluding diaryl/α,β-unsaturated/α-hetero) is 1. The molecule has 0 radical (unpaired) electrons. The second kappa shape index (κ2) is 5.95. The zero-order chi connectivity index (χ0) is 13.7. The monoisotopic (exact) mass is 247 g/mol. The van der Waals surface area contributed by atoms with Crippen molar-refractivity contribution in [2.24, 2.45) is 0 Å². The first-order valence-electron chi connectivity index (χ1n) is 5.50. The van der Waals surface area contributed by atoms with Crippen molar-refractivity contribution in [1.29, 1.82) is 0 Å². The Morgan fingerprint density at radius 3 is 2.39 bits per heavy atom. The van der Waals surface area contributed by atoms with E-state index in [0.29, 0.717) is 5.69 Å². The zero-order valence-electron chi connectivity index (χ0n) is 11.0. The lowest BCUT2D eigenvalue weighted by Gasteiger charge is -2.18. The van der Waals surface area contributed by atoms with Crippen LogP contribution in [0.5, 0.6) is 0 Å². The molecule has 1 aromatic heterocycles. The van der Waals surface area contributed by atoms with Crippen LogP contribution < -0.4 is 4.90 Å². The first kappa shape index (κ1) is 13.9. The van der Waals surface area contributed by atoms with Crippen LogP contribution in [0, 0.1) is 0 Å². The molecule has 1 amide bonds. The van der Waals surface area contributed by atoms with Gasteiger partial charge in [-0.05, 0) is 19.1 Å². The molecule has 0 aliphatic carbocycles. The molecule has 0 saturated heterocycles. The van der Waals surface area contributed by atoms with Crippen molar-refractivity contribution < 1.29 is 9.59 Å². The summed E-state index contributed by atoms with van der Waals surface area (Å²) in [6.07, 6.45) is 4.73. The molecule has 0 N–H and O–H groups in total. The summed E-state index contributed by atoms with van der Waals surface area (Å²) < 4.78 is 0. The number of anilines is 1. The van der Waals surface area contributed by atoms with Crippen LogP contribution in [-0.4, -0.2) is 42.7 Å². The fraction of sp³-hybridized carbons (Fsp3) is 0.308. The summed E-state index contributed by atoms with van der Waals surface area (Å²) in [6, 6.07) is 3.50. The van der Waals surface area contributed by atoms with E-state index in [1.54, 1.807) is 50.6 Å². The quantitative estimate of drug-likeness (QED) is 0.454. The minimum absolute atomic E-state index is 0.145. The summed E-state index contributed by atoms with van der Waals surface area (Å²) in [5.74, 6) is -0.603. The molecular formula is C13H17N3O2. The second-order valence-electron chi connectivity index (χ2n) is 4.14. The number of ketones is 1. The third kappa shape index (κ3) is 3.41. The summed E-state index contributed by atoms with van der Waals surface area (Å²) in [5.41, 5.74) is 0.791. The lowest BCUT2D eigenvalue weighted by Crippen LogP contribution is -2.31. The van der Waals surface area contributed by atoms with Gasteiger partial charge < -0.3 is 9.80 Å². The molecule has 96 valence electrons. The van der Waals surface area contributed by atoms with E-state index in [9.17, 15) is 9.59 Å². The van der Waals surface area contributed by atoms with Crippen LogP contribution in [0.15, 0.2) is 36.3 Å². The van der Waals surface area contributed by atoms with E-state index >= 15 is 0 Å². The van der Waals surface area contributed by atoms with Gasteiger partial charge in [-0.15, -0.1) is 0 Å². The van der Waals surface area contributed by atoms with Gasteiger partial charge in [-0.3, -0.25) is 14.6 Å². The molecule has 1 heterocycles. The average Bonchev–Trinajstić information content (AvgIpc) is 2.34. The second-order valence-corrected chi connectivity index (χ2v) is 4.14. The molecule has 5 nitrogen and oxygen atoms in total. The smallest absolute Gasteiger partial charge is 0.263 e. The van der Waals surface area contributed by atoms with Crippen molar-refractivity contribution in [1.82, 2.24) is 9.88 Å². The molecule has 18 heavy (non-hydrogen) atoms. The van der Waals surface area contributed by atoms with Crippen LogP contribution in [0.3, 0.4) is 0 Å². The highest BCUT2D eigenvalue weighted by Gasteiger charge is 2.20. The summed E-state index contributed by atoms with van der Waals surface area (Å²) in [4.78, 5) is 30.7. The van der Waals surface area contributed by atoms with E-state index in [0.717, 1.165) is 0 Å². The normalized spacial score (nSPS) is 11.0. The fourth-order valence-electron chi connectivity index (χ4n) is 1.40. The van der Waals surface area contributed by atoms with Gasteiger partial charge in [-0.2, -0.15) is 0 Å². The minimum Gasteiger partial charge on any atom is -0.383 e. The number of rotatable bonds is 4. The number of likely N-dealkylation sites (N-methyl/N-ethyl adjacent to an activating group) is 1. The molecule has 1 aromatic rings. The van der Waals surface area contributed by atoms with Crippen molar-refractivity contribution in [3.63, 3.8) is 0 Å². The van der Waals surface area contributed by atoms with E-state index in [1.165, 1.54) is 18.0 Å². The van der Waals surface area contributed by atoms with Crippen molar-refractivity contribution in [2.75, 3.05) is 26.0 Å². The Bertz CT molecular complexity index is 466. The van der Waals surface area contributed by atoms with Gasteiger partial charge in [0.1, 0.15) is 0 Å². The maximum atomic E-state index is 12.2. The third-order valence-electron chi connectivity index (χ3n) is 2.33. The van der Waals surface area contributed by atoms with Crippen LogP contribution in [0.4, 0.5) is 5.69 Å². The standard InChI is InChI=1S/C13H17N3O2/c1-10(17)12(9-15(2)3)13(18)16(4)11-6-5-7-14-8-11/h5-9H,1-4H3/b12-9-. The number of nitrogens with zero attached hydrogens (tertiary/aromatic N) is 3. The molecule has 0 aromatic carbocycles. The summed E-state index contributed by atoms with van der Waals surface area (Å²) >= 11 is 0. The van der Waals surface area contributed by atoms with Crippen molar-refractivity contribution >= 4 is 17.4 Å². The van der Waals surface area contributed by atoms with Gasteiger partial charge >= 0.3 is 0 Å². The first-order valence-corrected chi connectivity index (χ1v) is 5.50. The molecule has 1 rings (SSSR count). The molecule has 0 unspecified atom stereocenters. The number of hydrogen-bond donors (Lipinski definition) is 0. The molecule has 0 fully saturated rings. The first-order chi connectivity index (χ1) is 8.43. The fourth-order valence-corrected chi connectivity index (χ4v) is 1.40. The largest absolute Gasteiger partial charge is 0.383 e. The number of carbonyl (C=O) groups excluding carboxylic acids is 2. The topological polar surface area (TPSA) is 53.5 Å². The van der Waals surface area contributed by atoms with Gasteiger partial charge in [0.2, 0.25) is 0 Å². The molecular weight excluding hydrogens is 230 g/mol. The van der Waals surface area contributed by atoms with Crippen molar-refractivity contribution in [3.8, 4) is 0 Å². The van der Waals surface area contributed by atoms with Crippen LogP contribution in [0.25, 0.3) is 0 Å². The molecule has 5 heteroatoms. The SMILES string of the molecule is CC(=O)/C(=C/N(C)C)C(=O)N(C)c1cccnc1. The Labute approximate surface area is 107 Å². The third-order valence-corrected chi connectivity index (χ3v) is 2.33. The maximum Gasteiger partial charge on any atom is 0.263 e. The van der Waals surface area contributed by atoms with Gasteiger partial charge in [0, 0.05) is 33.5 Å². The molecule has 0 saturated carbocycles. The van der Waals surface area contributed by atoms with Crippen molar-refractivity contribution in [3.05, 3.63) is 36.3 Å². The maximum absolute atomic E-state index is 12.2. The van der Waals surface area contributed by atoms with Crippen LogP contribution in [0.2, 0.25) is 0 Å². The highest BCUT2D eigenvalue weighted by Crippen LogP contribution is 2.13. The average molecular weight is 247 g/mol. The van der Waals surface area contributed by atoms with E-state index in [2.05, 4.69) is 4.98 Å². The zero-order valence-corrected chi connectivity index (χ0v) is 11.0. The number of amides is 1. The molecule has 0 atom stereocenters. The van der Waals surface area contributed by atoms with E-state index in [1.807, 2.05) is 0 Å². The van der Waals surface area contributed by atoms with Crippen molar-refractivity contribution in [2.45, 2.75) is 6.92 Å². The Hall–Kier alpha value is -2.17. The minimum atomic E-state index is -0.343. The molecule has 0 aliphatic heterocycles. The number of carbonyl (C=O) groups is 2. The lowest BCUT2D eigenvalue weighted by atomic mass is 10.1. The highest BCUT2D eigenvalue weighted by molar-refractivity contribution is 6.23. The van der Waals surface area contributed by atoms with Gasteiger partial charge in [0.05, 0.1) is 17.5 Å². The molecule has 0 bridgehead atoms. The number of hydrogen-bond acceptors (Lipinski definition) is 4. The van der Waals surface area contributed by atoms with Gasteiger partial charge in [0.15, 0.2) is 5.78 Å². The Morgan fingerprint density at radius 2 is 1.94 bits per heavy atom. The Morgan fingerprint density at radius 1 is 1.28 bits per heavy atom. The van der Waals surface area contributed by atoms with Gasteiger partial charge in [0.25, 0.3) is 5.91 Å². The summed E-state index contributed by atoms with van der Waals surface area (Å²) in [5, 5.41) is 0. The van der Waals surface area contributed by atoms with E-state index < -0.39 is 0 Å². The number of aromatic nitrogens is 1. The van der Waals surface area contributed by atoms with E-state index in [4.69, 9.17) is 0 Å². The Balaban J connectivity index is 3.02. The summed E-state index contributed by atoms with van der Waals surface area (Å²) in [7, 11) is 5.15. The Kier molecular flexibility index (Phi) is 4.59. The van der Waals surface area contributed by atoms with Gasteiger partial charge in [-0.1, -0.05) is 0 Å². The summed E-state index contributed by atoms with van der Waals surface area (Å²) in [6.45, 7) is 1.38.